The summed E-state index contributed by atoms with van der Waals surface area (Å²) in [5.74, 6) is -0.273. The Hall–Kier alpha value is -2.04. The minimum Gasteiger partial charge on any atom is -0.379 e. The third kappa shape index (κ3) is 5.55. The van der Waals surface area contributed by atoms with Crippen molar-refractivity contribution in [1.29, 1.82) is 0 Å². The monoisotopic (exact) mass is 507 g/mol. The predicted molar refractivity (Wildman–Crippen MR) is 132 cm³/mol. The number of amides is 1. The molecule has 1 amide bonds. The van der Waals surface area contributed by atoms with E-state index in [0.29, 0.717) is 22.3 Å². The first-order chi connectivity index (χ1) is 15.7. The SMILES string of the molecule is Cc1c(Cl)ccc2sc(N(CCCN3CCOCC3)C(=O)c3cccc(S(C)(=O)=O)c3)nc12. The van der Waals surface area contributed by atoms with Crippen LogP contribution in [0.15, 0.2) is 41.3 Å². The second-order valence-electron chi connectivity index (χ2n) is 8.08. The lowest BCUT2D eigenvalue weighted by molar-refractivity contribution is 0.0376. The summed E-state index contributed by atoms with van der Waals surface area (Å²) in [6.07, 6.45) is 1.89. The Morgan fingerprint density at radius 3 is 2.73 bits per heavy atom. The zero-order chi connectivity index (χ0) is 23.6. The molecule has 0 saturated carbocycles. The van der Waals surface area contributed by atoms with Crippen molar-refractivity contribution >= 4 is 54.0 Å². The number of anilines is 1. The number of carbonyl (C=O) groups is 1. The number of morpholine rings is 1. The van der Waals surface area contributed by atoms with Crippen molar-refractivity contribution < 1.29 is 17.9 Å². The molecule has 0 unspecified atom stereocenters. The summed E-state index contributed by atoms with van der Waals surface area (Å²) >= 11 is 7.71. The summed E-state index contributed by atoms with van der Waals surface area (Å²) in [6.45, 7) is 6.41. The van der Waals surface area contributed by atoms with Crippen LogP contribution >= 0.6 is 22.9 Å². The van der Waals surface area contributed by atoms with Crippen LogP contribution in [0.1, 0.15) is 22.3 Å². The maximum absolute atomic E-state index is 13.6. The van der Waals surface area contributed by atoms with E-state index in [1.54, 1.807) is 17.0 Å². The maximum atomic E-state index is 13.6. The van der Waals surface area contributed by atoms with Crippen LogP contribution in [0.5, 0.6) is 0 Å². The molecule has 2 aromatic carbocycles. The van der Waals surface area contributed by atoms with Gasteiger partial charge in [0.25, 0.3) is 5.91 Å². The van der Waals surface area contributed by atoms with Gasteiger partial charge in [-0.25, -0.2) is 13.4 Å². The molecule has 176 valence electrons. The van der Waals surface area contributed by atoms with Crippen molar-refractivity contribution in [2.75, 3.05) is 50.5 Å². The third-order valence-corrected chi connectivity index (χ3v) is 8.24. The molecule has 1 aromatic heterocycles. The number of fused-ring (bicyclic) bond motifs is 1. The number of rotatable bonds is 7. The Bertz CT molecular complexity index is 1270. The van der Waals surface area contributed by atoms with Crippen LogP contribution in [0.2, 0.25) is 5.02 Å². The Balaban J connectivity index is 1.65. The molecule has 33 heavy (non-hydrogen) atoms. The van der Waals surface area contributed by atoms with Gasteiger partial charge in [0.2, 0.25) is 0 Å². The van der Waals surface area contributed by atoms with E-state index in [0.717, 1.165) is 61.3 Å². The number of thiazole rings is 1. The molecule has 0 bridgehead atoms. The highest BCUT2D eigenvalue weighted by Crippen LogP contribution is 2.34. The highest BCUT2D eigenvalue weighted by Gasteiger charge is 2.23. The van der Waals surface area contributed by atoms with E-state index in [1.165, 1.54) is 23.5 Å². The zero-order valence-electron chi connectivity index (χ0n) is 18.6. The third-order valence-electron chi connectivity index (χ3n) is 5.68. The van der Waals surface area contributed by atoms with Crippen molar-refractivity contribution in [1.82, 2.24) is 9.88 Å². The Labute approximate surface area is 202 Å². The van der Waals surface area contributed by atoms with Gasteiger partial charge in [0.05, 0.1) is 28.3 Å². The summed E-state index contributed by atoms with van der Waals surface area (Å²) in [7, 11) is -3.43. The smallest absolute Gasteiger partial charge is 0.260 e. The summed E-state index contributed by atoms with van der Waals surface area (Å²) in [6, 6.07) is 9.91. The number of aromatic nitrogens is 1. The lowest BCUT2D eigenvalue weighted by atomic mass is 10.2. The molecule has 2 heterocycles. The van der Waals surface area contributed by atoms with Crippen molar-refractivity contribution in [3.05, 3.63) is 52.5 Å². The lowest BCUT2D eigenvalue weighted by Gasteiger charge is -2.27. The number of hydrogen-bond acceptors (Lipinski definition) is 7. The summed E-state index contributed by atoms with van der Waals surface area (Å²) < 4.78 is 30.4. The van der Waals surface area contributed by atoms with Crippen molar-refractivity contribution in [2.24, 2.45) is 0 Å². The van der Waals surface area contributed by atoms with Crippen molar-refractivity contribution in [3.8, 4) is 0 Å². The zero-order valence-corrected chi connectivity index (χ0v) is 21.0. The summed E-state index contributed by atoms with van der Waals surface area (Å²) in [5.41, 5.74) is 1.97. The fourth-order valence-corrected chi connectivity index (χ4v) is 5.65. The minimum atomic E-state index is -3.43. The fourth-order valence-electron chi connectivity index (χ4n) is 3.78. The van der Waals surface area contributed by atoms with Crippen LogP contribution in [-0.4, -0.2) is 69.9 Å². The second kappa shape index (κ2) is 10.1. The molecular weight excluding hydrogens is 482 g/mol. The van der Waals surface area contributed by atoms with Gasteiger partial charge in [-0.15, -0.1) is 0 Å². The molecule has 1 fully saturated rings. The number of carbonyl (C=O) groups excluding carboxylic acids is 1. The predicted octanol–water partition coefficient (Wildman–Crippen LogP) is 4.03. The highest BCUT2D eigenvalue weighted by atomic mass is 35.5. The standard InChI is InChI=1S/C23H26ClN3O4S2/c1-16-19(24)7-8-20-21(16)25-23(32-20)27(10-4-9-26-11-13-31-14-12-26)22(28)17-5-3-6-18(15-17)33(2,29)30/h3,5-8,15H,4,9-14H2,1-2H3. The van der Waals surface area contributed by atoms with Gasteiger partial charge in [0.15, 0.2) is 15.0 Å². The largest absolute Gasteiger partial charge is 0.379 e. The van der Waals surface area contributed by atoms with Gasteiger partial charge in [-0.1, -0.05) is 29.0 Å². The van der Waals surface area contributed by atoms with Gasteiger partial charge < -0.3 is 4.74 Å². The Morgan fingerprint density at radius 1 is 1.24 bits per heavy atom. The minimum absolute atomic E-state index is 0.119. The van der Waals surface area contributed by atoms with Gasteiger partial charge in [-0.2, -0.15) is 0 Å². The number of aryl methyl sites for hydroxylation is 1. The fraction of sp³-hybridized carbons (Fsp3) is 0.391. The van der Waals surface area contributed by atoms with E-state index in [1.807, 2.05) is 19.1 Å². The topological polar surface area (TPSA) is 79.8 Å². The molecule has 7 nitrogen and oxygen atoms in total. The van der Waals surface area contributed by atoms with Crippen molar-refractivity contribution in [3.63, 3.8) is 0 Å². The van der Waals surface area contributed by atoms with E-state index >= 15 is 0 Å². The number of hydrogen-bond donors (Lipinski definition) is 0. The number of nitrogens with zero attached hydrogens (tertiary/aromatic N) is 3. The van der Waals surface area contributed by atoms with E-state index in [2.05, 4.69) is 4.90 Å². The average molecular weight is 508 g/mol. The molecule has 0 atom stereocenters. The van der Waals surface area contributed by atoms with E-state index in [4.69, 9.17) is 21.3 Å². The van der Waals surface area contributed by atoms with Crippen molar-refractivity contribution in [2.45, 2.75) is 18.2 Å². The molecule has 1 aliphatic rings. The van der Waals surface area contributed by atoms with Crippen LogP contribution in [-0.2, 0) is 14.6 Å². The highest BCUT2D eigenvalue weighted by molar-refractivity contribution is 7.90. The molecule has 10 heteroatoms. The van der Waals surface area contributed by atoms with Crippen LogP contribution < -0.4 is 4.90 Å². The van der Waals surface area contributed by atoms with Crippen LogP contribution in [0.3, 0.4) is 0 Å². The normalized spacial score (nSPS) is 15.1. The Morgan fingerprint density at radius 2 is 2.00 bits per heavy atom. The van der Waals surface area contributed by atoms with Crippen LogP contribution in [0.25, 0.3) is 10.2 Å². The molecule has 4 rings (SSSR count). The first-order valence-corrected chi connectivity index (χ1v) is 13.8. The molecule has 0 aliphatic carbocycles. The van der Waals surface area contributed by atoms with Gasteiger partial charge in [0.1, 0.15) is 0 Å². The molecule has 1 saturated heterocycles. The van der Waals surface area contributed by atoms with Gasteiger partial charge >= 0.3 is 0 Å². The number of sulfone groups is 1. The van der Waals surface area contributed by atoms with E-state index < -0.39 is 9.84 Å². The molecular formula is C23H26ClN3O4S2. The summed E-state index contributed by atoms with van der Waals surface area (Å²) in [4.78, 5) is 22.4. The quantitative estimate of drug-likeness (QED) is 0.480. The average Bonchev–Trinajstić information content (AvgIpc) is 3.24. The van der Waals surface area contributed by atoms with Crippen LogP contribution in [0.4, 0.5) is 5.13 Å². The van der Waals surface area contributed by atoms with Crippen LogP contribution in [0, 0.1) is 6.92 Å². The van der Waals surface area contributed by atoms with Gasteiger partial charge in [-0.05, 0) is 49.2 Å². The molecule has 0 N–H and O–H groups in total. The second-order valence-corrected chi connectivity index (χ2v) is 11.5. The first kappa shape index (κ1) is 24.1. The molecule has 0 spiro atoms. The van der Waals surface area contributed by atoms with Gasteiger partial charge in [-0.3, -0.25) is 14.6 Å². The number of benzene rings is 2. The molecule has 0 radical (unpaired) electrons. The lowest BCUT2D eigenvalue weighted by Crippen LogP contribution is -2.39. The van der Waals surface area contributed by atoms with E-state index in [9.17, 15) is 13.2 Å². The van der Waals surface area contributed by atoms with E-state index in [-0.39, 0.29) is 10.8 Å². The number of ether oxygens (including phenoxy) is 1. The summed E-state index contributed by atoms with van der Waals surface area (Å²) in [5, 5.41) is 1.21. The maximum Gasteiger partial charge on any atom is 0.260 e. The molecule has 3 aromatic rings. The molecule has 1 aliphatic heterocycles. The number of halogens is 1. The van der Waals surface area contributed by atoms with Gasteiger partial charge in [0, 0.05) is 43.0 Å². The first-order valence-electron chi connectivity index (χ1n) is 10.7. The Kier molecular flexibility index (Phi) is 7.35.